The van der Waals surface area contributed by atoms with Crippen molar-refractivity contribution in [2.75, 3.05) is 13.1 Å². The molecule has 1 saturated heterocycles. The predicted octanol–water partition coefficient (Wildman–Crippen LogP) is 2.59. The summed E-state index contributed by atoms with van der Waals surface area (Å²) in [6.45, 7) is 9.37. The summed E-state index contributed by atoms with van der Waals surface area (Å²) in [4.78, 5) is 2.44. The number of aromatic nitrogens is 2. The van der Waals surface area contributed by atoms with Crippen LogP contribution >= 0.6 is 0 Å². The Hall–Kier alpha value is -0.870. The number of hydrogen-bond donors (Lipinski definition) is 1. The zero-order chi connectivity index (χ0) is 13.9. The molecule has 19 heavy (non-hydrogen) atoms. The second-order valence-electron chi connectivity index (χ2n) is 6.09. The molecule has 0 radical (unpaired) electrons. The van der Waals surface area contributed by atoms with Crippen molar-refractivity contribution in [1.29, 1.82) is 0 Å². The van der Waals surface area contributed by atoms with Gasteiger partial charge in [0.2, 0.25) is 0 Å². The van der Waals surface area contributed by atoms with Crippen molar-refractivity contribution in [2.45, 2.75) is 64.6 Å². The first-order valence-electron chi connectivity index (χ1n) is 7.51. The van der Waals surface area contributed by atoms with Crippen LogP contribution in [-0.2, 0) is 6.54 Å². The first kappa shape index (κ1) is 14.5. The van der Waals surface area contributed by atoms with Crippen molar-refractivity contribution in [2.24, 2.45) is 0 Å². The van der Waals surface area contributed by atoms with E-state index >= 15 is 0 Å². The highest BCUT2D eigenvalue weighted by molar-refractivity contribution is 5.13. The summed E-state index contributed by atoms with van der Waals surface area (Å²) < 4.78 is 1.87. The number of aliphatic hydroxyl groups excluding tert-OH is 1. The van der Waals surface area contributed by atoms with Crippen molar-refractivity contribution in [3.05, 3.63) is 18.0 Å². The van der Waals surface area contributed by atoms with Gasteiger partial charge >= 0.3 is 0 Å². The molecule has 4 heteroatoms. The van der Waals surface area contributed by atoms with E-state index in [1.807, 2.05) is 10.9 Å². The average Bonchev–Trinajstić information content (AvgIpc) is 2.70. The summed E-state index contributed by atoms with van der Waals surface area (Å²) in [7, 11) is 0. The minimum absolute atomic E-state index is 0.230. The second kappa shape index (κ2) is 6.06. The van der Waals surface area contributed by atoms with Crippen LogP contribution < -0.4 is 0 Å². The van der Waals surface area contributed by atoms with Crippen LogP contribution in [0.1, 0.15) is 58.1 Å². The van der Waals surface area contributed by atoms with E-state index in [2.05, 4.69) is 30.8 Å². The maximum absolute atomic E-state index is 10.7. The fourth-order valence-corrected chi connectivity index (χ4v) is 2.92. The minimum atomic E-state index is -0.481. The molecule has 1 N–H and O–H groups in total. The molecular weight excluding hydrogens is 238 g/mol. The van der Waals surface area contributed by atoms with Crippen molar-refractivity contribution >= 4 is 0 Å². The Balaban J connectivity index is 2.12. The quantitative estimate of drug-likeness (QED) is 0.910. The topological polar surface area (TPSA) is 41.3 Å². The molecule has 1 unspecified atom stereocenters. The van der Waals surface area contributed by atoms with Gasteiger partial charge in [0.05, 0.1) is 12.3 Å². The van der Waals surface area contributed by atoms with Crippen LogP contribution in [0, 0.1) is 0 Å². The number of aryl methyl sites for hydroxylation is 1. The van der Waals surface area contributed by atoms with Gasteiger partial charge in [-0.1, -0.05) is 12.8 Å². The lowest BCUT2D eigenvalue weighted by molar-refractivity contribution is -0.0100. The molecule has 1 aliphatic rings. The van der Waals surface area contributed by atoms with E-state index in [0.29, 0.717) is 0 Å². The van der Waals surface area contributed by atoms with Crippen LogP contribution in [0.5, 0.6) is 0 Å². The van der Waals surface area contributed by atoms with Crippen LogP contribution in [0.15, 0.2) is 12.4 Å². The van der Waals surface area contributed by atoms with Crippen LogP contribution in [0.3, 0.4) is 0 Å². The molecule has 2 rings (SSSR count). The zero-order valence-electron chi connectivity index (χ0n) is 12.5. The number of hydrogen-bond acceptors (Lipinski definition) is 3. The maximum Gasteiger partial charge on any atom is 0.0998 e. The Labute approximate surface area is 116 Å². The Morgan fingerprint density at radius 2 is 1.89 bits per heavy atom. The molecule has 1 aromatic heterocycles. The van der Waals surface area contributed by atoms with Gasteiger partial charge in [-0.25, -0.2) is 0 Å². The van der Waals surface area contributed by atoms with E-state index in [9.17, 15) is 5.11 Å². The fraction of sp³-hybridized carbons (Fsp3) is 0.800. The fourth-order valence-electron chi connectivity index (χ4n) is 2.92. The van der Waals surface area contributed by atoms with Gasteiger partial charge in [0.1, 0.15) is 0 Å². The van der Waals surface area contributed by atoms with E-state index in [4.69, 9.17) is 0 Å². The van der Waals surface area contributed by atoms with Gasteiger partial charge in [0.25, 0.3) is 0 Å². The number of rotatable bonds is 4. The molecule has 1 atom stereocenters. The highest BCUT2D eigenvalue weighted by atomic mass is 16.3. The van der Waals surface area contributed by atoms with E-state index < -0.39 is 6.10 Å². The molecule has 0 spiro atoms. The number of nitrogens with zero attached hydrogens (tertiary/aromatic N) is 3. The Kier molecular flexibility index (Phi) is 4.63. The summed E-state index contributed by atoms with van der Waals surface area (Å²) in [5.41, 5.74) is 0.697. The van der Waals surface area contributed by atoms with Gasteiger partial charge < -0.3 is 5.11 Å². The molecule has 1 aliphatic heterocycles. The molecule has 0 saturated carbocycles. The molecule has 108 valence electrons. The highest BCUT2D eigenvalue weighted by Gasteiger charge is 2.35. The Bertz CT molecular complexity index is 392. The van der Waals surface area contributed by atoms with Crippen LogP contribution in [0.2, 0.25) is 0 Å². The average molecular weight is 265 g/mol. The van der Waals surface area contributed by atoms with E-state index in [-0.39, 0.29) is 5.54 Å². The number of aliphatic hydroxyl groups is 1. The molecule has 0 aliphatic carbocycles. The SMILES string of the molecule is CCn1cc(C(O)C(C)(C)N2CCCCCC2)cn1. The lowest BCUT2D eigenvalue weighted by Crippen LogP contribution is -2.48. The van der Waals surface area contributed by atoms with Crippen molar-refractivity contribution in [3.8, 4) is 0 Å². The largest absolute Gasteiger partial charge is 0.386 e. The Morgan fingerprint density at radius 3 is 2.42 bits per heavy atom. The third kappa shape index (κ3) is 3.18. The molecule has 0 amide bonds. The van der Waals surface area contributed by atoms with Gasteiger partial charge in [-0.2, -0.15) is 5.10 Å². The molecular formula is C15H27N3O. The summed E-state index contributed by atoms with van der Waals surface area (Å²) in [6, 6.07) is 0. The van der Waals surface area contributed by atoms with Gasteiger partial charge in [0, 0.05) is 23.8 Å². The third-order valence-electron chi connectivity index (χ3n) is 4.38. The van der Waals surface area contributed by atoms with Crippen LogP contribution in [0.4, 0.5) is 0 Å². The summed E-state index contributed by atoms with van der Waals surface area (Å²) in [5, 5.41) is 15.0. The van der Waals surface area contributed by atoms with E-state index in [1.54, 1.807) is 6.20 Å². The molecule has 1 fully saturated rings. The normalized spacial score (nSPS) is 20.2. The van der Waals surface area contributed by atoms with Gasteiger partial charge in [-0.3, -0.25) is 9.58 Å². The summed E-state index contributed by atoms with van der Waals surface area (Å²) >= 11 is 0. The first-order chi connectivity index (χ1) is 9.05. The molecule has 1 aromatic rings. The maximum atomic E-state index is 10.7. The lowest BCUT2D eigenvalue weighted by Gasteiger charge is -2.41. The first-order valence-corrected chi connectivity index (χ1v) is 7.51. The minimum Gasteiger partial charge on any atom is -0.386 e. The van der Waals surface area contributed by atoms with E-state index in [0.717, 1.165) is 25.2 Å². The monoisotopic (exact) mass is 265 g/mol. The van der Waals surface area contributed by atoms with Crippen molar-refractivity contribution in [1.82, 2.24) is 14.7 Å². The second-order valence-corrected chi connectivity index (χ2v) is 6.09. The van der Waals surface area contributed by atoms with Crippen molar-refractivity contribution < 1.29 is 5.11 Å². The van der Waals surface area contributed by atoms with Gasteiger partial charge in [0.15, 0.2) is 0 Å². The van der Waals surface area contributed by atoms with Gasteiger partial charge in [-0.05, 0) is 46.7 Å². The third-order valence-corrected chi connectivity index (χ3v) is 4.38. The predicted molar refractivity (Wildman–Crippen MR) is 77.0 cm³/mol. The molecule has 0 bridgehead atoms. The highest BCUT2D eigenvalue weighted by Crippen LogP contribution is 2.32. The smallest absolute Gasteiger partial charge is 0.0998 e. The van der Waals surface area contributed by atoms with E-state index in [1.165, 1.54) is 25.7 Å². The van der Waals surface area contributed by atoms with Crippen LogP contribution in [0.25, 0.3) is 0 Å². The molecule has 0 aromatic carbocycles. The summed E-state index contributed by atoms with van der Waals surface area (Å²) in [5.74, 6) is 0. The Morgan fingerprint density at radius 1 is 1.26 bits per heavy atom. The molecule has 2 heterocycles. The zero-order valence-corrected chi connectivity index (χ0v) is 12.5. The number of likely N-dealkylation sites (tertiary alicyclic amines) is 1. The summed E-state index contributed by atoms with van der Waals surface area (Å²) in [6.07, 6.45) is 8.39. The molecule has 4 nitrogen and oxygen atoms in total. The van der Waals surface area contributed by atoms with Crippen LogP contribution in [-0.4, -0.2) is 38.4 Å². The standard InChI is InChI=1S/C15H27N3O/c1-4-18-12-13(11-16-18)14(19)15(2,3)17-9-7-5-6-8-10-17/h11-12,14,19H,4-10H2,1-3H3. The van der Waals surface area contributed by atoms with Crippen molar-refractivity contribution in [3.63, 3.8) is 0 Å². The lowest BCUT2D eigenvalue weighted by atomic mass is 9.90. The van der Waals surface area contributed by atoms with Gasteiger partial charge in [-0.15, -0.1) is 0 Å².